The summed E-state index contributed by atoms with van der Waals surface area (Å²) in [6, 6.07) is 8.61. The minimum Gasteiger partial charge on any atom is -0.379 e. The number of pyridine rings is 2. The average molecular weight is 581 g/mol. The Hall–Kier alpha value is -3.45. The Morgan fingerprint density at radius 3 is 2.39 bits per heavy atom. The van der Waals surface area contributed by atoms with Crippen LogP contribution in [0, 0.1) is 6.92 Å². The van der Waals surface area contributed by atoms with Gasteiger partial charge in [0.25, 0.3) is 16.0 Å². The Bertz CT molecular complexity index is 1480. The average Bonchev–Trinajstić information content (AvgIpc) is 3.75. The minimum absolute atomic E-state index is 0.201. The number of hydrogen-bond donors (Lipinski definition) is 2. The van der Waals surface area contributed by atoms with Crippen molar-refractivity contribution in [2.24, 2.45) is 0 Å². The minimum atomic E-state index is -3.67. The summed E-state index contributed by atoms with van der Waals surface area (Å²) in [4.78, 5) is 24.7. The van der Waals surface area contributed by atoms with Gasteiger partial charge in [-0.25, -0.2) is 9.67 Å². The van der Waals surface area contributed by atoms with Crippen molar-refractivity contribution in [1.82, 2.24) is 24.6 Å². The molecule has 3 aromatic heterocycles. The zero-order valence-electron chi connectivity index (χ0n) is 23.4. The number of rotatable bonds is 6. The van der Waals surface area contributed by atoms with Gasteiger partial charge in [0.05, 0.1) is 54.5 Å². The molecule has 12 heteroatoms. The molecule has 218 valence electrons. The Balaban J connectivity index is 0.000000623. The van der Waals surface area contributed by atoms with Crippen LogP contribution < -0.4 is 5.32 Å². The normalized spacial score (nSPS) is 19.6. The van der Waals surface area contributed by atoms with Crippen LogP contribution in [0.3, 0.4) is 0 Å². The molecule has 41 heavy (non-hydrogen) atoms. The summed E-state index contributed by atoms with van der Waals surface area (Å²) < 4.78 is 33.1. The molecular formula is C29H36N6O5S. The van der Waals surface area contributed by atoms with E-state index in [9.17, 15) is 13.2 Å². The molecule has 11 nitrogen and oxygen atoms in total. The molecule has 0 radical (unpaired) electrons. The maximum atomic E-state index is 13.0. The number of nitrogens with one attached hydrogen (secondary N) is 1. The summed E-state index contributed by atoms with van der Waals surface area (Å²) in [7, 11) is -3.67. The molecular weight excluding hydrogens is 544 g/mol. The highest BCUT2D eigenvalue weighted by Crippen LogP contribution is 2.39. The van der Waals surface area contributed by atoms with Crippen LogP contribution >= 0.6 is 0 Å². The summed E-state index contributed by atoms with van der Waals surface area (Å²) in [5, 5.41) is 7.38. The third-order valence-electron chi connectivity index (χ3n) is 7.59. The molecule has 0 aromatic carbocycles. The predicted molar refractivity (Wildman–Crippen MR) is 156 cm³/mol. The lowest BCUT2D eigenvalue weighted by Crippen LogP contribution is -2.43. The number of allylic oxidation sites excluding steroid dienone is 1. The summed E-state index contributed by atoms with van der Waals surface area (Å²) in [5.74, 6) is 1.18. The third kappa shape index (κ3) is 7.85. The number of aromatic nitrogens is 4. The van der Waals surface area contributed by atoms with Crippen LogP contribution in [-0.2, 0) is 14.9 Å². The SMILES string of the molecule is CS(=O)(=O)O.Cc1c(C(=O)Nc2ccc(C3=CCC(N4CCOCC4)CC3)nc2)cnn1-c1ccc(C2CC2)cn1. The van der Waals surface area contributed by atoms with Crippen LogP contribution in [0.2, 0.25) is 0 Å². The smallest absolute Gasteiger partial charge is 0.261 e. The molecule has 6 rings (SSSR count). The Morgan fingerprint density at radius 1 is 1.05 bits per heavy atom. The molecule has 2 N–H and O–H groups in total. The van der Waals surface area contributed by atoms with E-state index in [0.717, 1.165) is 62.8 Å². The predicted octanol–water partition coefficient (Wildman–Crippen LogP) is 3.87. The van der Waals surface area contributed by atoms with E-state index >= 15 is 0 Å². The fourth-order valence-corrected chi connectivity index (χ4v) is 5.23. The molecule has 1 saturated carbocycles. The number of anilines is 1. The summed E-state index contributed by atoms with van der Waals surface area (Å²) in [5.41, 5.74) is 5.50. The Labute approximate surface area is 240 Å². The third-order valence-corrected chi connectivity index (χ3v) is 7.59. The van der Waals surface area contributed by atoms with Gasteiger partial charge in [-0.3, -0.25) is 19.2 Å². The second kappa shape index (κ2) is 12.6. The van der Waals surface area contributed by atoms with Gasteiger partial charge in [-0.1, -0.05) is 12.1 Å². The first-order valence-electron chi connectivity index (χ1n) is 13.9. The van der Waals surface area contributed by atoms with Gasteiger partial charge in [0, 0.05) is 25.3 Å². The number of carbonyl (C=O) groups excluding carboxylic acids is 1. The molecule has 3 aliphatic rings. The van der Waals surface area contributed by atoms with E-state index in [2.05, 4.69) is 37.4 Å². The van der Waals surface area contributed by atoms with Crippen molar-refractivity contribution in [2.45, 2.75) is 51.0 Å². The second-order valence-electron chi connectivity index (χ2n) is 10.7. The highest BCUT2D eigenvalue weighted by atomic mass is 32.2. The van der Waals surface area contributed by atoms with Crippen molar-refractivity contribution < 1.29 is 22.5 Å². The number of nitrogens with zero attached hydrogens (tertiary/aromatic N) is 5. The van der Waals surface area contributed by atoms with Crippen LogP contribution in [0.15, 0.2) is 48.9 Å². The number of morpholine rings is 1. The van der Waals surface area contributed by atoms with Gasteiger partial charge in [0.15, 0.2) is 5.82 Å². The maximum Gasteiger partial charge on any atom is 0.261 e. The van der Waals surface area contributed by atoms with E-state index in [0.29, 0.717) is 29.5 Å². The summed E-state index contributed by atoms with van der Waals surface area (Å²) in [6.45, 7) is 5.63. The first-order valence-corrected chi connectivity index (χ1v) is 15.7. The van der Waals surface area contributed by atoms with Crippen LogP contribution in [-0.4, -0.2) is 82.1 Å². The van der Waals surface area contributed by atoms with Crippen LogP contribution in [0.4, 0.5) is 5.69 Å². The fourth-order valence-electron chi connectivity index (χ4n) is 5.23. The van der Waals surface area contributed by atoms with E-state index in [1.807, 2.05) is 31.3 Å². The summed E-state index contributed by atoms with van der Waals surface area (Å²) in [6.07, 6.45) is 14.0. The van der Waals surface area contributed by atoms with Crippen molar-refractivity contribution >= 4 is 27.3 Å². The lowest BCUT2D eigenvalue weighted by atomic mass is 9.92. The summed E-state index contributed by atoms with van der Waals surface area (Å²) >= 11 is 0. The number of amides is 1. The molecule has 0 bridgehead atoms. The molecule has 1 aliphatic heterocycles. The van der Waals surface area contributed by atoms with Crippen molar-refractivity contribution in [3.05, 3.63) is 71.4 Å². The molecule has 1 atom stereocenters. The van der Waals surface area contributed by atoms with E-state index in [-0.39, 0.29) is 5.91 Å². The van der Waals surface area contributed by atoms with Gasteiger partial charge in [-0.05, 0) is 74.3 Å². The molecule has 3 aromatic rings. The van der Waals surface area contributed by atoms with Crippen molar-refractivity contribution in [2.75, 3.05) is 37.9 Å². The molecule has 1 unspecified atom stereocenters. The zero-order valence-corrected chi connectivity index (χ0v) is 24.2. The van der Waals surface area contributed by atoms with Crippen molar-refractivity contribution in [3.8, 4) is 5.82 Å². The van der Waals surface area contributed by atoms with Gasteiger partial charge < -0.3 is 10.1 Å². The number of carbonyl (C=O) groups is 1. The van der Waals surface area contributed by atoms with Gasteiger partial charge in [0.2, 0.25) is 0 Å². The molecule has 4 heterocycles. The Kier molecular flexibility index (Phi) is 8.93. The van der Waals surface area contributed by atoms with Gasteiger partial charge in [-0.15, -0.1) is 0 Å². The quantitative estimate of drug-likeness (QED) is 0.416. The molecule has 2 aliphatic carbocycles. The van der Waals surface area contributed by atoms with Crippen molar-refractivity contribution in [1.29, 1.82) is 0 Å². The highest BCUT2D eigenvalue weighted by molar-refractivity contribution is 7.85. The molecule has 0 spiro atoms. The first kappa shape index (κ1) is 29.1. The van der Waals surface area contributed by atoms with Crippen LogP contribution in [0.25, 0.3) is 11.4 Å². The molecule has 1 amide bonds. The van der Waals surface area contributed by atoms with Gasteiger partial charge in [-0.2, -0.15) is 13.5 Å². The van der Waals surface area contributed by atoms with E-state index in [1.54, 1.807) is 17.1 Å². The van der Waals surface area contributed by atoms with E-state index in [1.165, 1.54) is 24.0 Å². The largest absolute Gasteiger partial charge is 0.379 e. The maximum absolute atomic E-state index is 13.0. The topological polar surface area (TPSA) is 140 Å². The van der Waals surface area contributed by atoms with E-state index in [4.69, 9.17) is 9.29 Å². The van der Waals surface area contributed by atoms with Crippen LogP contribution in [0.1, 0.15) is 65.3 Å². The first-order chi connectivity index (χ1) is 19.7. The lowest BCUT2D eigenvalue weighted by Gasteiger charge is -2.36. The number of ether oxygens (including phenoxy) is 1. The highest BCUT2D eigenvalue weighted by Gasteiger charge is 2.25. The van der Waals surface area contributed by atoms with Gasteiger partial charge in [0.1, 0.15) is 0 Å². The lowest BCUT2D eigenvalue weighted by molar-refractivity contribution is 0.0150. The molecule has 2 fully saturated rings. The Morgan fingerprint density at radius 2 is 1.80 bits per heavy atom. The second-order valence-corrected chi connectivity index (χ2v) is 12.2. The van der Waals surface area contributed by atoms with E-state index < -0.39 is 10.1 Å². The molecule has 1 saturated heterocycles. The number of hydrogen-bond acceptors (Lipinski definition) is 8. The van der Waals surface area contributed by atoms with Crippen molar-refractivity contribution in [3.63, 3.8) is 0 Å². The fraction of sp³-hybridized carbons (Fsp3) is 0.448. The standard InChI is InChI=1S/C28H32N6O2.CH4O3S/c1-19-25(18-31-34(19)27-11-6-22(16-30-27)20-2-3-20)28(35)32-23-7-10-26(29-17-23)21-4-8-24(9-5-21)33-12-14-36-15-13-33;1-5(2,3)4/h4,6-7,10-11,16-18,20,24H,2-3,5,8-9,12-15H2,1H3,(H,32,35);1H3,(H,2,3,4). The van der Waals surface area contributed by atoms with Gasteiger partial charge >= 0.3 is 0 Å². The monoisotopic (exact) mass is 580 g/mol. The zero-order chi connectivity index (χ0) is 29.0. The van der Waals surface area contributed by atoms with Crippen LogP contribution in [0.5, 0.6) is 0 Å².